The average Bonchev–Trinajstić information content (AvgIpc) is 3.22. The number of halogens is 1. The summed E-state index contributed by atoms with van der Waals surface area (Å²) in [6, 6.07) is 9.21. The van der Waals surface area contributed by atoms with Gasteiger partial charge in [-0.25, -0.2) is 9.78 Å². The van der Waals surface area contributed by atoms with E-state index >= 15 is 0 Å². The van der Waals surface area contributed by atoms with Gasteiger partial charge in [-0.05, 0) is 61.7 Å². The third-order valence-corrected chi connectivity index (χ3v) is 5.91. The number of aromatic nitrogens is 4. The smallest absolute Gasteiger partial charge is 0.410 e. The van der Waals surface area contributed by atoms with Gasteiger partial charge in [0.15, 0.2) is 0 Å². The van der Waals surface area contributed by atoms with Crippen molar-refractivity contribution in [1.82, 2.24) is 25.1 Å². The van der Waals surface area contributed by atoms with Crippen LogP contribution in [0.5, 0.6) is 0 Å². The van der Waals surface area contributed by atoms with E-state index in [1.54, 1.807) is 37.0 Å². The van der Waals surface area contributed by atoms with Crippen LogP contribution in [-0.2, 0) is 13.1 Å². The molecule has 3 heterocycles. The normalized spacial score (nSPS) is 11.9. The number of aliphatic hydroxyl groups is 1. The third kappa shape index (κ3) is 5.61. The van der Waals surface area contributed by atoms with Crippen LogP contribution in [0.1, 0.15) is 51.5 Å². The lowest BCUT2D eigenvalue weighted by Gasteiger charge is -2.13. The van der Waals surface area contributed by atoms with Gasteiger partial charge >= 0.3 is 6.09 Å². The zero-order valence-electron chi connectivity index (χ0n) is 19.9. The summed E-state index contributed by atoms with van der Waals surface area (Å²) in [4.78, 5) is 32.5. The Balaban J connectivity index is 1.53. The summed E-state index contributed by atoms with van der Waals surface area (Å²) >= 11 is 6.06. The molecule has 2 amide bonds. The molecule has 1 atom stereocenters. The Morgan fingerprint density at radius 1 is 1.19 bits per heavy atom. The van der Waals surface area contributed by atoms with Crippen molar-refractivity contribution >= 4 is 40.3 Å². The quantitative estimate of drug-likeness (QED) is 0.293. The number of fused-ring (bicyclic) bond motifs is 1. The molecule has 0 bridgehead atoms. The molecule has 0 saturated heterocycles. The second kappa shape index (κ2) is 10.3. The number of aliphatic hydroxyl groups excluding tert-OH is 1. The van der Waals surface area contributed by atoms with Gasteiger partial charge in [-0.2, -0.15) is 5.10 Å². The van der Waals surface area contributed by atoms with E-state index in [2.05, 4.69) is 25.7 Å². The number of carboxylic acid groups (broad SMARTS) is 1. The Labute approximate surface area is 212 Å². The van der Waals surface area contributed by atoms with Crippen LogP contribution in [0.3, 0.4) is 0 Å². The highest BCUT2D eigenvalue weighted by molar-refractivity contribution is 6.31. The lowest BCUT2D eigenvalue weighted by Crippen LogP contribution is -2.25. The van der Waals surface area contributed by atoms with Crippen LogP contribution < -0.4 is 10.6 Å². The highest BCUT2D eigenvalue weighted by Gasteiger charge is 2.20. The zero-order valence-corrected chi connectivity index (χ0v) is 20.7. The molecule has 4 rings (SSSR count). The van der Waals surface area contributed by atoms with E-state index in [0.29, 0.717) is 17.3 Å². The van der Waals surface area contributed by atoms with Crippen LogP contribution in [-0.4, -0.2) is 42.0 Å². The van der Waals surface area contributed by atoms with Gasteiger partial charge in [0.05, 0.1) is 28.8 Å². The summed E-state index contributed by atoms with van der Waals surface area (Å²) in [5.41, 5.74) is 4.44. The van der Waals surface area contributed by atoms with Gasteiger partial charge in [-0.3, -0.25) is 19.8 Å². The number of rotatable bonds is 7. The summed E-state index contributed by atoms with van der Waals surface area (Å²) in [7, 11) is 0. The number of pyridine rings is 2. The Kier molecular flexibility index (Phi) is 7.18. The topological polar surface area (TPSA) is 142 Å². The van der Waals surface area contributed by atoms with Crippen molar-refractivity contribution in [2.75, 3.05) is 5.32 Å². The molecule has 0 spiro atoms. The Morgan fingerprint density at radius 3 is 2.67 bits per heavy atom. The van der Waals surface area contributed by atoms with Crippen molar-refractivity contribution < 1.29 is 19.8 Å². The number of benzene rings is 1. The van der Waals surface area contributed by atoms with Gasteiger partial charge in [0.1, 0.15) is 11.5 Å². The first-order valence-electron chi connectivity index (χ1n) is 11.2. The number of aryl methyl sites for hydroxylation is 2. The molecular weight excluding hydrogens is 484 g/mol. The summed E-state index contributed by atoms with van der Waals surface area (Å²) in [5, 5.41) is 30.1. The van der Waals surface area contributed by atoms with Crippen molar-refractivity contribution in [2.24, 2.45) is 0 Å². The number of hydrogen-bond acceptors (Lipinski definition) is 6. The van der Waals surface area contributed by atoms with E-state index in [0.717, 1.165) is 27.6 Å². The second-order valence-corrected chi connectivity index (χ2v) is 8.92. The average molecular weight is 509 g/mol. The largest absolute Gasteiger partial charge is 0.465 e. The number of hydrogen-bond donors (Lipinski definition) is 4. The predicted octanol–water partition coefficient (Wildman–Crippen LogP) is 4.22. The molecule has 0 radical (unpaired) electrons. The van der Waals surface area contributed by atoms with Crippen LogP contribution in [0.25, 0.3) is 10.9 Å². The number of carbonyl (C=O) groups is 2. The molecule has 0 aliphatic heterocycles. The molecule has 36 heavy (non-hydrogen) atoms. The van der Waals surface area contributed by atoms with Crippen molar-refractivity contribution in [3.05, 3.63) is 81.4 Å². The Morgan fingerprint density at radius 2 is 1.97 bits per heavy atom. The minimum Gasteiger partial charge on any atom is -0.465 e. The van der Waals surface area contributed by atoms with Crippen LogP contribution in [0.2, 0.25) is 5.02 Å². The molecule has 11 heteroatoms. The first-order valence-corrected chi connectivity index (χ1v) is 11.5. The molecule has 1 unspecified atom stereocenters. The molecule has 0 fully saturated rings. The number of carbonyl (C=O) groups excluding carboxylic acids is 1. The van der Waals surface area contributed by atoms with Crippen LogP contribution in [0.4, 0.5) is 10.6 Å². The van der Waals surface area contributed by atoms with Crippen molar-refractivity contribution in [3.8, 4) is 0 Å². The van der Waals surface area contributed by atoms with Gasteiger partial charge < -0.3 is 15.5 Å². The molecule has 0 aliphatic rings. The van der Waals surface area contributed by atoms with Crippen LogP contribution >= 0.6 is 11.6 Å². The standard InChI is InChI=1S/C25H25ClN6O4/c1-13-6-22(30-25(35)36)29-14(2)19(13)10-28-24(34)20-12-32(31-23(20)15(3)33)11-16-4-5-21-17(7-16)8-18(26)9-27-21/h4-9,12,15,33H,10-11H2,1-3H3,(H,28,34)(H,29,30)(H,35,36). The molecule has 1 aromatic carbocycles. The maximum atomic E-state index is 13.0. The number of nitrogens with zero attached hydrogens (tertiary/aromatic N) is 4. The maximum absolute atomic E-state index is 13.0. The third-order valence-electron chi connectivity index (χ3n) is 5.70. The highest BCUT2D eigenvalue weighted by atomic mass is 35.5. The van der Waals surface area contributed by atoms with Crippen LogP contribution in [0.15, 0.2) is 42.7 Å². The second-order valence-electron chi connectivity index (χ2n) is 8.48. The fourth-order valence-corrected chi connectivity index (χ4v) is 4.17. The molecule has 186 valence electrons. The monoisotopic (exact) mass is 508 g/mol. The minimum atomic E-state index is -1.20. The summed E-state index contributed by atoms with van der Waals surface area (Å²) in [6.07, 6.45) is 1.06. The van der Waals surface area contributed by atoms with E-state index in [1.165, 1.54) is 0 Å². The minimum absolute atomic E-state index is 0.180. The van der Waals surface area contributed by atoms with E-state index < -0.39 is 18.1 Å². The summed E-state index contributed by atoms with van der Waals surface area (Å²) < 4.78 is 1.61. The van der Waals surface area contributed by atoms with Gasteiger partial charge in [0.25, 0.3) is 5.91 Å². The first kappa shape index (κ1) is 25.1. The fraction of sp³-hybridized carbons (Fsp3) is 0.240. The molecule has 3 aromatic heterocycles. The Bertz CT molecular complexity index is 1440. The van der Waals surface area contributed by atoms with Crippen molar-refractivity contribution in [3.63, 3.8) is 0 Å². The lowest BCUT2D eigenvalue weighted by molar-refractivity contribution is 0.0944. The van der Waals surface area contributed by atoms with E-state index in [1.807, 2.05) is 31.2 Å². The van der Waals surface area contributed by atoms with E-state index in [4.69, 9.17) is 16.7 Å². The summed E-state index contributed by atoms with van der Waals surface area (Å²) in [5.74, 6) is -0.171. The van der Waals surface area contributed by atoms with Crippen molar-refractivity contribution in [2.45, 2.75) is 40.0 Å². The SMILES string of the molecule is Cc1cc(NC(=O)O)nc(C)c1CNC(=O)c1cn(Cc2ccc3ncc(Cl)cc3c2)nc1C(C)O. The summed E-state index contributed by atoms with van der Waals surface area (Å²) in [6.45, 7) is 5.68. The van der Waals surface area contributed by atoms with Gasteiger partial charge in [-0.15, -0.1) is 0 Å². The fourth-order valence-electron chi connectivity index (χ4n) is 4.00. The molecule has 4 aromatic rings. The number of anilines is 1. The lowest BCUT2D eigenvalue weighted by atomic mass is 10.1. The van der Waals surface area contributed by atoms with Crippen molar-refractivity contribution in [1.29, 1.82) is 0 Å². The van der Waals surface area contributed by atoms with Gasteiger partial charge in [0.2, 0.25) is 0 Å². The number of nitrogens with one attached hydrogen (secondary N) is 2. The maximum Gasteiger partial charge on any atom is 0.410 e. The van der Waals surface area contributed by atoms with Gasteiger partial charge in [-0.1, -0.05) is 17.7 Å². The van der Waals surface area contributed by atoms with Gasteiger partial charge in [0, 0.05) is 30.0 Å². The van der Waals surface area contributed by atoms with E-state index in [9.17, 15) is 14.7 Å². The molecule has 0 saturated carbocycles. The first-order chi connectivity index (χ1) is 17.1. The predicted molar refractivity (Wildman–Crippen MR) is 135 cm³/mol. The highest BCUT2D eigenvalue weighted by Crippen LogP contribution is 2.21. The molecule has 4 N–H and O–H groups in total. The molecule has 10 nitrogen and oxygen atoms in total. The van der Waals surface area contributed by atoms with Crippen LogP contribution in [0, 0.1) is 13.8 Å². The zero-order chi connectivity index (χ0) is 26.0. The Hall–Kier alpha value is -4.02. The molecule has 0 aliphatic carbocycles. The number of amides is 2. The van der Waals surface area contributed by atoms with E-state index in [-0.39, 0.29) is 23.6 Å². The molecular formula is C25H25ClN6O4.